The van der Waals surface area contributed by atoms with Crippen molar-refractivity contribution >= 4 is 35.8 Å². The Morgan fingerprint density at radius 1 is 1.13 bits per heavy atom. The van der Waals surface area contributed by atoms with Crippen molar-refractivity contribution < 1.29 is 23.9 Å². The number of amides is 3. The second-order valence-electron chi connectivity index (χ2n) is 7.51. The van der Waals surface area contributed by atoms with E-state index in [9.17, 15) is 14.4 Å². The molecule has 0 aliphatic carbocycles. The van der Waals surface area contributed by atoms with Gasteiger partial charge in [0.25, 0.3) is 5.91 Å². The van der Waals surface area contributed by atoms with E-state index in [0.717, 1.165) is 32.5 Å². The Labute approximate surface area is 182 Å². The van der Waals surface area contributed by atoms with Crippen LogP contribution in [0.2, 0.25) is 0 Å². The van der Waals surface area contributed by atoms with E-state index in [4.69, 9.17) is 15.2 Å². The van der Waals surface area contributed by atoms with Crippen LogP contribution in [0, 0.1) is 0 Å². The number of nitrogens with zero attached hydrogens (tertiary/aromatic N) is 1. The predicted molar refractivity (Wildman–Crippen MR) is 114 cm³/mol. The number of nitrogens with one attached hydrogen (secondary N) is 2. The maximum absolute atomic E-state index is 12.6. The highest BCUT2D eigenvalue weighted by molar-refractivity contribution is 6.07. The molecule has 2 heterocycles. The van der Waals surface area contributed by atoms with Crippen molar-refractivity contribution in [2.24, 2.45) is 0 Å². The molecule has 2 saturated heterocycles. The first-order valence-electron chi connectivity index (χ1n) is 9.79. The van der Waals surface area contributed by atoms with Crippen molar-refractivity contribution in [1.82, 2.24) is 15.5 Å². The summed E-state index contributed by atoms with van der Waals surface area (Å²) in [4.78, 5) is 38.3. The first-order valence-corrected chi connectivity index (χ1v) is 9.79. The molecule has 3 rings (SSSR count). The highest BCUT2D eigenvalue weighted by Gasteiger charge is 2.47. The number of carbonyl (C=O) groups excluding carboxylic acids is 3. The molecule has 166 valence electrons. The normalized spacial score (nSPS) is 17.8. The number of unbranched alkanes of at least 4 members (excludes halogenated alkanes) is 1. The van der Waals surface area contributed by atoms with E-state index in [2.05, 4.69) is 15.5 Å². The van der Waals surface area contributed by atoms with Crippen LogP contribution in [-0.4, -0.2) is 62.0 Å². The van der Waals surface area contributed by atoms with Crippen molar-refractivity contribution in [3.05, 3.63) is 17.7 Å². The minimum atomic E-state index is -0.742. The highest BCUT2D eigenvalue weighted by atomic mass is 35.5. The summed E-state index contributed by atoms with van der Waals surface area (Å²) in [7, 11) is 3.02. The average molecular weight is 441 g/mol. The molecular weight excluding hydrogens is 412 g/mol. The van der Waals surface area contributed by atoms with Gasteiger partial charge in [-0.1, -0.05) is 0 Å². The van der Waals surface area contributed by atoms with Crippen LogP contribution in [0.4, 0.5) is 10.5 Å². The lowest BCUT2D eigenvalue weighted by atomic mass is 9.87. The number of halogens is 1. The number of ketones is 1. The molecule has 9 nitrogen and oxygen atoms in total. The molecule has 0 atom stereocenters. The van der Waals surface area contributed by atoms with E-state index in [1.54, 1.807) is 12.1 Å². The predicted octanol–water partition coefficient (Wildman–Crippen LogP) is 1.73. The summed E-state index contributed by atoms with van der Waals surface area (Å²) >= 11 is 0. The molecule has 0 bridgehead atoms. The minimum absolute atomic E-state index is 0. The minimum Gasteiger partial charge on any atom is -0.496 e. The molecule has 1 aromatic rings. The Morgan fingerprint density at radius 2 is 1.80 bits per heavy atom. The lowest BCUT2D eigenvalue weighted by molar-refractivity contribution is -0.125. The number of benzene rings is 1. The Bertz CT molecular complexity index is 809. The van der Waals surface area contributed by atoms with Crippen LogP contribution in [0.25, 0.3) is 0 Å². The number of hydrogen-bond acceptors (Lipinski definition) is 7. The molecule has 2 fully saturated rings. The van der Waals surface area contributed by atoms with Crippen LogP contribution >= 0.6 is 12.4 Å². The third kappa shape index (κ3) is 4.96. The zero-order valence-electron chi connectivity index (χ0n) is 17.3. The van der Waals surface area contributed by atoms with Gasteiger partial charge in [0.1, 0.15) is 17.0 Å². The summed E-state index contributed by atoms with van der Waals surface area (Å²) in [6.45, 7) is 2.33. The summed E-state index contributed by atoms with van der Waals surface area (Å²) in [6.07, 6.45) is 3.22. The van der Waals surface area contributed by atoms with Crippen LogP contribution in [0.1, 0.15) is 42.5 Å². The van der Waals surface area contributed by atoms with Crippen LogP contribution < -0.4 is 25.8 Å². The second kappa shape index (κ2) is 9.99. The average Bonchev–Trinajstić information content (AvgIpc) is 2.98. The number of likely N-dealkylation sites (tertiary alicyclic amines) is 1. The molecular formula is C20H29ClN4O5. The van der Waals surface area contributed by atoms with Gasteiger partial charge in [0.05, 0.1) is 25.5 Å². The van der Waals surface area contributed by atoms with E-state index in [1.165, 1.54) is 14.2 Å². The summed E-state index contributed by atoms with van der Waals surface area (Å²) in [5.74, 6) is 0.676. The lowest BCUT2D eigenvalue weighted by Gasteiger charge is -2.36. The number of hydrogen-bond donors (Lipinski definition) is 3. The van der Waals surface area contributed by atoms with Crippen LogP contribution in [0.15, 0.2) is 12.1 Å². The lowest BCUT2D eigenvalue weighted by Crippen LogP contribution is -2.54. The van der Waals surface area contributed by atoms with Crippen LogP contribution in [0.5, 0.6) is 11.5 Å². The number of methoxy groups -OCH3 is 2. The smallest absolute Gasteiger partial charge is 0.322 e. The summed E-state index contributed by atoms with van der Waals surface area (Å²) in [5, 5.41) is 5.08. The first-order chi connectivity index (χ1) is 13.9. The molecule has 3 amide bonds. The molecule has 4 N–H and O–H groups in total. The number of piperidine rings is 1. The molecule has 2 aliphatic heterocycles. The van der Waals surface area contributed by atoms with E-state index in [-0.39, 0.29) is 24.1 Å². The summed E-state index contributed by atoms with van der Waals surface area (Å²) in [6, 6.07) is 2.83. The number of imide groups is 1. The molecule has 1 spiro atoms. The number of nitrogen functional groups attached to an aromatic ring is 1. The van der Waals surface area contributed by atoms with Crippen LogP contribution in [0.3, 0.4) is 0 Å². The molecule has 0 radical (unpaired) electrons. The molecule has 10 heteroatoms. The number of carbonyl (C=O) groups is 3. The van der Waals surface area contributed by atoms with Gasteiger partial charge < -0.3 is 25.4 Å². The fraction of sp³-hybridized carbons (Fsp3) is 0.550. The van der Waals surface area contributed by atoms with Crippen molar-refractivity contribution in [3.63, 3.8) is 0 Å². The summed E-state index contributed by atoms with van der Waals surface area (Å²) in [5.41, 5.74) is 6.03. The van der Waals surface area contributed by atoms with Crippen molar-refractivity contribution in [2.75, 3.05) is 39.6 Å². The molecule has 0 saturated carbocycles. The topological polar surface area (TPSA) is 123 Å². The Hall–Kier alpha value is -2.52. The maximum Gasteiger partial charge on any atom is 0.322 e. The SMILES string of the molecule is COc1cc(C(=O)CCCCN2CCC3(CC2)NC(=O)NC3=O)c(OC)cc1N.Cl. The molecule has 0 aromatic heterocycles. The quantitative estimate of drug-likeness (QED) is 0.243. The van der Waals surface area contributed by atoms with Gasteiger partial charge in [-0.15, -0.1) is 12.4 Å². The molecule has 2 aliphatic rings. The fourth-order valence-electron chi connectivity index (χ4n) is 3.93. The van der Waals surface area contributed by atoms with Gasteiger partial charge in [0.15, 0.2) is 5.78 Å². The van der Waals surface area contributed by atoms with E-state index < -0.39 is 11.6 Å². The van der Waals surface area contributed by atoms with Crippen molar-refractivity contribution in [1.29, 1.82) is 0 Å². The van der Waals surface area contributed by atoms with E-state index in [0.29, 0.717) is 42.0 Å². The Kier molecular flexibility index (Phi) is 7.91. The van der Waals surface area contributed by atoms with E-state index >= 15 is 0 Å². The zero-order valence-corrected chi connectivity index (χ0v) is 18.1. The number of urea groups is 1. The third-order valence-electron chi connectivity index (χ3n) is 5.70. The van der Waals surface area contributed by atoms with Gasteiger partial charge in [0, 0.05) is 25.6 Å². The number of rotatable bonds is 8. The number of nitrogens with two attached hydrogens (primary N) is 1. The number of Topliss-reactive ketones (excluding diaryl/α,β-unsaturated/α-hetero) is 1. The molecule has 0 unspecified atom stereocenters. The van der Waals surface area contributed by atoms with Gasteiger partial charge in [-0.25, -0.2) is 4.79 Å². The Morgan fingerprint density at radius 3 is 2.37 bits per heavy atom. The molecule has 1 aromatic carbocycles. The second-order valence-corrected chi connectivity index (χ2v) is 7.51. The first kappa shape index (κ1) is 23.8. The third-order valence-corrected chi connectivity index (χ3v) is 5.70. The largest absolute Gasteiger partial charge is 0.496 e. The zero-order chi connectivity index (χ0) is 21.0. The van der Waals surface area contributed by atoms with Gasteiger partial charge in [-0.2, -0.15) is 0 Å². The van der Waals surface area contributed by atoms with Gasteiger partial charge >= 0.3 is 6.03 Å². The van der Waals surface area contributed by atoms with E-state index in [1.807, 2.05) is 0 Å². The van der Waals surface area contributed by atoms with Gasteiger partial charge in [-0.3, -0.25) is 14.9 Å². The van der Waals surface area contributed by atoms with Crippen molar-refractivity contribution in [3.8, 4) is 11.5 Å². The van der Waals surface area contributed by atoms with Gasteiger partial charge in [0.2, 0.25) is 0 Å². The number of ether oxygens (including phenoxy) is 2. The summed E-state index contributed by atoms with van der Waals surface area (Å²) < 4.78 is 10.5. The Balaban J connectivity index is 0.00000320. The van der Waals surface area contributed by atoms with Crippen molar-refractivity contribution in [2.45, 2.75) is 37.6 Å². The maximum atomic E-state index is 12.6. The van der Waals surface area contributed by atoms with Crippen LogP contribution in [-0.2, 0) is 4.79 Å². The number of anilines is 1. The highest BCUT2D eigenvalue weighted by Crippen LogP contribution is 2.32. The standard InChI is InChI=1S/C20H28N4O5.ClH/c1-28-16-12-14(21)17(29-2)11-13(16)15(25)5-3-4-8-24-9-6-20(7-10-24)18(26)22-19(27)23-20;/h11-12H,3-10,21H2,1-2H3,(H2,22,23,26,27);1H. The molecule has 30 heavy (non-hydrogen) atoms. The van der Waals surface area contributed by atoms with Gasteiger partial charge in [-0.05, 0) is 38.3 Å². The fourth-order valence-corrected chi connectivity index (χ4v) is 3.93. The monoisotopic (exact) mass is 440 g/mol.